The maximum absolute atomic E-state index is 13.2. The maximum Gasteiger partial charge on any atom is 0.266 e. The van der Waals surface area contributed by atoms with Crippen LogP contribution in [0.15, 0.2) is 29.3 Å². The van der Waals surface area contributed by atoms with Gasteiger partial charge in [0.2, 0.25) is 5.91 Å². The van der Waals surface area contributed by atoms with E-state index >= 15 is 0 Å². The lowest BCUT2D eigenvalue weighted by Gasteiger charge is -2.27. The van der Waals surface area contributed by atoms with E-state index in [1.54, 1.807) is 4.90 Å². The van der Waals surface area contributed by atoms with Crippen molar-refractivity contribution in [3.05, 3.63) is 40.4 Å². The molecule has 1 aromatic heterocycles. The highest BCUT2D eigenvalue weighted by Gasteiger charge is 2.33. The number of carbonyl (C=O) groups is 2. The number of morpholine rings is 1. The van der Waals surface area contributed by atoms with Crippen LogP contribution in [0.5, 0.6) is 0 Å². The molecule has 0 atom stereocenters. The molecule has 6 nitrogen and oxygen atoms in total. The topological polar surface area (TPSA) is 54.8 Å². The lowest BCUT2D eigenvalue weighted by Crippen LogP contribution is -2.42. The second-order valence-electron chi connectivity index (χ2n) is 9.64. The summed E-state index contributed by atoms with van der Waals surface area (Å²) in [6.07, 6.45) is 11.0. The first-order valence-corrected chi connectivity index (χ1v) is 14.0. The van der Waals surface area contributed by atoms with Crippen molar-refractivity contribution in [1.29, 1.82) is 0 Å². The summed E-state index contributed by atoms with van der Waals surface area (Å²) >= 11 is 6.98. The summed E-state index contributed by atoms with van der Waals surface area (Å²) in [6, 6.07) is 6.25. The van der Waals surface area contributed by atoms with E-state index in [9.17, 15) is 9.59 Å². The number of thiocarbonyl (C=S) groups is 1. The first-order chi connectivity index (χ1) is 17.0. The van der Waals surface area contributed by atoms with Crippen LogP contribution in [0.25, 0.3) is 17.0 Å². The molecule has 8 heteroatoms. The third-order valence-corrected chi connectivity index (χ3v) is 8.84. The summed E-state index contributed by atoms with van der Waals surface area (Å²) in [4.78, 5) is 30.6. The van der Waals surface area contributed by atoms with Gasteiger partial charge < -0.3 is 14.2 Å². The Morgan fingerprint density at radius 1 is 1.23 bits per heavy atom. The fourth-order valence-electron chi connectivity index (χ4n) is 5.49. The Labute approximate surface area is 216 Å². The molecule has 0 unspecified atom stereocenters. The number of rotatable bonds is 7. The van der Waals surface area contributed by atoms with Crippen molar-refractivity contribution >= 4 is 57.1 Å². The first-order valence-electron chi connectivity index (χ1n) is 12.8. The lowest BCUT2D eigenvalue weighted by atomic mass is 10.0. The molecule has 2 saturated heterocycles. The van der Waals surface area contributed by atoms with E-state index in [1.807, 2.05) is 17.2 Å². The van der Waals surface area contributed by atoms with Crippen LogP contribution in [-0.2, 0) is 27.3 Å². The highest BCUT2D eigenvalue weighted by atomic mass is 32.2. The number of thioether (sulfide) groups is 1. The van der Waals surface area contributed by atoms with Crippen LogP contribution >= 0.6 is 24.0 Å². The molecule has 3 heterocycles. The highest BCUT2D eigenvalue weighted by molar-refractivity contribution is 8.26. The normalized spacial score (nSPS) is 20.7. The number of fused-ring (bicyclic) bond motifs is 1. The maximum atomic E-state index is 13.2. The molecule has 2 aromatic rings. The summed E-state index contributed by atoms with van der Waals surface area (Å²) in [6.45, 7) is 5.57. The summed E-state index contributed by atoms with van der Waals surface area (Å²) in [5.41, 5.74) is 3.22. The Hall–Kier alpha value is -2.16. The Balaban J connectivity index is 1.41. The molecule has 1 aromatic carbocycles. The predicted octanol–water partition coefficient (Wildman–Crippen LogP) is 4.84. The number of hydrogen-bond acceptors (Lipinski definition) is 5. The van der Waals surface area contributed by atoms with Crippen molar-refractivity contribution in [3.63, 3.8) is 0 Å². The molecule has 0 bridgehead atoms. The van der Waals surface area contributed by atoms with Crippen LogP contribution < -0.4 is 0 Å². The van der Waals surface area contributed by atoms with Crippen molar-refractivity contribution in [2.75, 3.05) is 32.8 Å². The molecule has 2 aliphatic heterocycles. The van der Waals surface area contributed by atoms with Gasteiger partial charge in [-0.05, 0) is 30.4 Å². The third-order valence-electron chi connectivity index (χ3n) is 7.46. The Morgan fingerprint density at radius 3 is 2.74 bits per heavy atom. The van der Waals surface area contributed by atoms with Crippen LogP contribution in [0.3, 0.4) is 0 Å². The van der Waals surface area contributed by atoms with Gasteiger partial charge >= 0.3 is 0 Å². The zero-order valence-electron chi connectivity index (χ0n) is 20.3. The van der Waals surface area contributed by atoms with Crippen molar-refractivity contribution < 1.29 is 14.3 Å². The van der Waals surface area contributed by atoms with E-state index in [1.165, 1.54) is 43.0 Å². The van der Waals surface area contributed by atoms with E-state index in [-0.39, 0.29) is 18.4 Å². The van der Waals surface area contributed by atoms with E-state index < -0.39 is 0 Å². The van der Waals surface area contributed by atoms with Gasteiger partial charge in [-0.15, -0.1) is 0 Å². The number of aryl methyl sites for hydroxylation is 1. The molecule has 3 aliphatic rings. The Morgan fingerprint density at radius 2 is 2.00 bits per heavy atom. The quantitative estimate of drug-likeness (QED) is 0.393. The molecule has 35 heavy (non-hydrogen) atoms. The van der Waals surface area contributed by atoms with Crippen LogP contribution in [-0.4, -0.2) is 63.3 Å². The predicted molar refractivity (Wildman–Crippen MR) is 145 cm³/mol. The number of para-hydroxylation sites is 1. The van der Waals surface area contributed by atoms with Gasteiger partial charge in [-0.1, -0.05) is 74.8 Å². The number of ether oxygens (including phenoxy) is 1. The standard InChI is InChI=1S/C27H33N3O3S2/c1-2-20-8-5-9-22-21(17-29(25(20)22)18-24(31)28-12-14-33-15-13-28)16-23-26(32)30(27(34)35-23)11-10-19-6-3-4-7-19/h5,8-9,16-17,19H,2-4,6-7,10-15,18H2,1H3/b23-16-. The van der Waals surface area contributed by atoms with Crippen LogP contribution in [0.1, 0.15) is 50.2 Å². The minimum absolute atomic E-state index is 0.00920. The molecule has 3 fully saturated rings. The van der Waals surface area contributed by atoms with Crippen molar-refractivity contribution in [1.82, 2.24) is 14.4 Å². The van der Waals surface area contributed by atoms with E-state index in [4.69, 9.17) is 17.0 Å². The van der Waals surface area contributed by atoms with Gasteiger partial charge in [-0.25, -0.2) is 0 Å². The molecular weight excluding hydrogens is 478 g/mol. The van der Waals surface area contributed by atoms with E-state index in [0.717, 1.165) is 35.2 Å². The summed E-state index contributed by atoms with van der Waals surface area (Å²) in [5.74, 6) is 0.828. The van der Waals surface area contributed by atoms with Crippen LogP contribution in [0.2, 0.25) is 0 Å². The molecule has 0 spiro atoms. The first kappa shape index (κ1) is 24.5. The zero-order valence-corrected chi connectivity index (χ0v) is 22.0. The smallest absolute Gasteiger partial charge is 0.266 e. The molecule has 0 radical (unpaired) electrons. The van der Waals surface area contributed by atoms with Gasteiger partial charge in [-0.3, -0.25) is 14.5 Å². The largest absolute Gasteiger partial charge is 0.378 e. The number of aromatic nitrogens is 1. The number of amides is 2. The van der Waals surface area contributed by atoms with E-state index in [0.29, 0.717) is 42.1 Å². The lowest BCUT2D eigenvalue weighted by molar-refractivity contribution is -0.135. The minimum atomic E-state index is 0.00920. The van der Waals surface area contributed by atoms with Crippen LogP contribution in [0.4, 0.5) is 0 Å². The Kier molecular flexibility index (Phi) is 7.60. The van der Waals surface area contributed by atoms with Gasteiger partial charge in [0.05, 0.1) is 23.6 Å². The Bertz CT molecular complexity index is 1160. The highest BCUT2D eigenvalue weighted by Crippen LogP contribution is 2.36. The van der Waals surface area contributed by atoms with Crippen LogP contribution in [0, 0.1) is 5.92 Å². The average Bonchev–Trinajstić information content (AvgIpc) is 3.58. The SMILES string of the molecule is CCc1cccc2c(/C=C3\SC(=S)N(CCC4CCCC4)C3=O)cn(CC(=O)N3CCOCC3)c12. The minimum Gasteiger partial charge on any atom is -0.378 e. The van der Waals surface area contributed by atoms with Gasteiger partial charge in [0, 0.05) is 36.8 Å². The summed E-state index contributed by atoms with van der Waals surface area (Å²) in [5, 5.41) is 1.07. The fourth-order valence-corrected chi connectivity index (χ4v) is 6.79. The van der Waals surface area contributed by atoms with Crippen molar-refractivity contribution in [2.45, 2.75) is 52.0 Å². The molecule has 1 saturated carbocycles. The number of benzene rings is 1. The second-order valence-corrected chi connectivity index (χ2v) is 11.3. The zero-order chi connectivity index (χ0) is 24.4. The van der Waals surface area contributed by atoms with Crippen molar-refractivity contribution in [2.24, 2.45) is 5.92 Å². The third kappa shape index (κ3) is 5.20. The van der Waals surface area contributed by atoms with Gasteiger partial charge in [-0.2, -0.15) is 0 Å². The molecular formula is C27H33N3O3S2. The van der Waals surface area contributed by atoms with Gasteiger partial charge in [0.25, 0.3) is 5.91 Å². The second kappa shape index (κ2) is 10.8. The molecule has 2 amide bonds. The van der Waals surface area contributed by atoms with Gasteiger partial charge in [0.15, 0.2) is 0 Å². The van der Waals surface area contributed by atoms with E-state index in [2.05, 4.69) is 29.7 Å². The molecule has 186 valence electrons. The number of carbonyl (C=O) groups excluding carboxylic acids is 2. The number of hydrogen-bond donors (Lipinski definition) is 0. The average molecular weight is 512 g/mol. The monoisotopic (exact) mass is 511 g/mol. The molecule has 0 N–H and O–H groups in total. The molecule has 1 aliphatic carbocycles. The molecule has 5 rings (SSSR count). The summed E-state index contributed by atoms with van der Waals surface area (Å²) in [7, 11) is 0. The van der Waals surface area contributed by atoms with Gasteiger partial charge in [0.1, 0.15) is 10.9 Å². The fraction of sp³-hybridized carbons (Fsp3) is 0.519. The van der Waals surface area contributed by atoms with Crippen molar-refractivity contribution in [3.8, 4) is 0 Å². The number of nitrogens with zero attached hydrogens (tertiary/aromatic N) is 3. The summed E-state index contributed by atoms with van der Waals surface area (Å²) < 4.78 is 8.11.